The summed E-state index contributed by atoms with van der Waals surface area (Å²) >= 11 is 5.94. The van der Waals surface area contributed by atoms with Crippen LogP contribution in [-0.2, 0) is 4.79 Å². The normalized spacial score (nSPS) is 10.5. The molecule has 14 aromatic rings. The van der Waals surface area contributed by atoms with Gasteiger partial charge < -0.3 is 19.6 Å². The number of ether oxygens (including phenoxy) is 1. The molecule has 0 atom stereocenters. The molecule has 1 N–H and O–H groups in total. The fourth-order valence-electron chi connectivity index (χ4n) is 15.4. The van der Waals surface area contributed by atoms with Gasteiger partial charge in [-0.2, -0.15) is 17.5 Å². The predicted octanol–water partition coefficient (Wildman–Crippen LogP) is 25.9. The number of carbonyl (C=O) groups excluding carboxylic acids is 1. The highest BCUT2D eigenvalue weighted by Gasteiger charge is 2.17. The number of unbranched alkanes of at least 4 members (excludes halogenated alkanes) is 20. The van der Waals surface area contributed by atoms with Crippen LogP contribution in [0.5, 0.6) is 5.75 Å². The van der Waals surface area contributed by atoms with Crippen LogP contribution in [0.3, 0.4) is 0 Å². The van der Waals surface area contributed by atoms with Crippen LogP contribution in [0.2, 0.25) is 0 Å². The molecule has 0 amide bonds. The number of terminal acetylenes is 1. The Hall–Kier alpha value is -12.2. The summed E-state index contributed by atoms with van der Waals surface area (Å²) in [6.07, 6.45) is 36.7. The molecule has 10 nitrogen and oxygen atoms in total. The molecule has 125 heavy (non-hydrogen) atoms. The summed E-state index contributed by atoms with van der Waals surface area (Å²) in [5.74, 6) is 36.5. The first kappa shape index (κ1) is 95.1. The fourth-order valence-corrected chi connectivity index (χ4v) is 17.1. The number of hydrogen-bond acceptors (Lipinski definition) is 11. The molecule has 0 spiro atoms. The third-order valence-electron chi connectivity index (χ3n) is 22.2. The topological polar surface area (TPSA) is 122 Å². The maximum Gasteiger partial charge on any atom is 0.335 e. The first-order chi connectivity index (χ1) is 60.6. The number of hydrogen-bond donors (Lipinski definition) is 1. The van der Waals surface area contributed by atoms with Crippen molar-refractivity contribution in [3.8, 4) is 77.3 Å². The second-order valence-electron chi connectivity index (χ2n) is 31.0. The van der Waals surface area contributed by atoms with E-state index in [0.29, 0.717) is 23.3 Å². The van der Waals surface area contributed by atoms with Gasteiger partial charge in [-0.25, -0.2) is 4.79 Å². The highest BCUT2D eigenvalue weighted by molar-refractivity contribution is 9.10. The lowest BCUT2D eigenvalue weighted by atomic mass is 9.91. The monoisotopic (exact) mass is 1740 g/mol. The molecule has 0 aliphatic heterocycles. The van der Waals surface area contributed by atoms with E-state index in [-0.39, 0.29) is 22.4 Å². The van der Waals surface area contributed by atoms with E-state index < -0.39 is 5.97 Å². The van der Waals surface area contributed by atoms with Crippen molar-refractivity contribution in [1.82, 2.24) is 17.5 Å². The van der Waals surface area contributed by atoms with Crippen LogP contribution in [-0.4, -0.2) is 78.0 Å². The summed E-state index contributed by atoms with van der Waals surface area (Å²) in [7, 11) is 0. The number of rotatable bonds is 33. The van der Waals surface area contributed by atoms with E-state index >= 15 is 0 Å². The number of anilines is 2. The first-order valence-corrected chi connectivity index (χ1v) is 46.2. The van der Waals surface area contributed by atoms with Gasteiger partial charge >= 0.3 is 5.97 Å². The van der Waals surface area contributed by atoms with E-state index in [9.17, 15) is 14.7 Å². The maximum atomic E-state index is 11.2. The van der Waals surface area contributed by atoms with Crippen molar-refractivity contribution in [3.63, 3.8) is 0 Å². The number of aromatic nitrogens is 4. The Morgan fingerprint density at radius 1 is 0.360 bits per heavy atom. The maximum absolute atomic E-state index is 11.2. The summed E-state index contributed by atoms with van der Waals surface area (Å²) in [5, 5.41) is 17.9. The number of carboxylic acids is 1. The first-order valence-electron chi connectivity index (χ1n) is 43.9. The van der Waals surface area contributed by atoms with Gasteiger partial charge in [-0.3, -0.25) is 4.79 Å². The summed E-state index contributed by atoms with van der Waals surface area (Å²) in [4.78, 5) is 26.3. The minimum absolute atomic E-state index is 0. The van der Waals surface area contributed by atoms with E-state index in [0.717, 1.165) is 158 Å². The molecular weight excluding hydrogens is 1630 g/mol. The number of carboxylic acid groups (broad SMARTS) is 1. The average Bonchev–Trinajstić information content (AvgIpc) is 1.43. The number of halogens is 1. The molecule has 2 aromatic heterocycles. The van der Waals surface area contributed by atoms with Gasteiger partial charge in [0.25, 0.3) is 6.47 Å². The summed E-state index contributed by atoms with van der Waals surface area (Å²) in [6.45, 7) is 14.0. The molecule has 0 saturated carbocycles. The zero-order valence-electron chi connectivity index (χ0n) is 71.9. The van der Waals surface area contributed by atoms with Crippen LogP contribution < -0.4 is 14.5 Å². The minimum Gasteiger partial charge on any atom is -0.478 e. The Morgan fingerprint density at radius 3 is 0.952 bits per heavy atom. The summed E-state index contributed by atoms with van der Waals surface area (Å²) < 4.78 is 23.6. The standard InChI is InChI=1S/C55H53N3O2S.C46H48BrN3S.C9H6O2.BH4.B/c1-3-5-7-9-11-17-39-58(40-18-12-10-8-6-4-2)46-35-26-42(27-36-46)28-37-51-47-19-13-15-21-49(47)52(50-22-16-14-20-48(50)51)38-34-44-33-32-43(53-54(44)57-61-56-53)29-23-41-24-30-45(31-25-41)55(59)60;1-3-5-7-9-11-17-33-50(34-18-12-10-8-6-4-2)37-28-23-35(24-29-37)25-30-42-38-19-13-15-21-40(38)43(41-22-16-14-20-39(41)42)31-26-36-27-32-44(47)46-45(36)48-51-49-46;1-2-8-3-5-9(6-4-8)11-7-10;;/h13-16,19-22,24-27,30-33,35-36H,3-12,17-18,39-40H2,1-2H3,(H,59,60);13-16,19-24,27-29,32H,3-12,17-18,33-34H2,1-2H3;1,3-7H;1H4;/q;;;-1;. The molecule has 0 unspecified atom stereocenters. The van der Waals surface area contributed by atoms with Crippen LogP contribution in [0, 0.1) is 71.5 Å². The molecule has 2 heterocycles. The number of nitrogens with zero attached hydrogens (tertiary/aromatic N) is 6. The van der Waals surface area contributed by atoms with Crippen molar-refractivity contribution in [1.29, 1.82) is 0 Å². The Labute approximate surface area is 761 Å². The fraction of sp³-hybridized carbons (Fsp3) is 0.291. The van der Waals surface area contributed by atoms with E-state index in [1.165, 1.54) is 177 Å². The quantitative estimate of drug-likeness (QED) is 0.0140. The molecule has 3 radical (unpaired) electrons. The third-order valence-corrected chi connectivity index (χ3v) is 23.9. The van der Waals surface area contributed by atoms with Gasteiger partial charge in [0.15, 0.2) is 0 Å². The van der Waals surface area contributed by atoms with Crippen molar-refractivity contribution in [2.45, 2.75) is 182 Å². The summed E-state index contributed by atoms with van der Waals surface area (Å²) in [6, 6.07) is 72.8. The third kappa shape index (κ3) is 26.9. The zero-order valence-corrected chi connectivity index (χ0v) is 75.1. The Balaban J connectivity index is 0.000000231. The molecule has 12 aromatic carbocycles. The van der Waals surface area contributed by atoms with Gasteiger partial charge in [-0.15, -0.1) is 6.42 Å². The lowest BCUT2D eigenvalue weighted by Crippen LogP contribution is -2.25. The number of fused-ring (bicyclic) bond motifs is 6. The Bertz CT molecular complexity index is 6130. The van der Waals surface area contributed by atoms with Crippen molar-refractivity contribution in [2.24, 2.45) is 0 Å². The van der Waals surface area contributed by atoms with Crippen LogP contribution in [0.4, 0.5) is 11.4 Å². The largest absolute Gasteiger partial charge is 0.478 e. The molecule has 15 heteroatoms. The van der Waals surface area contributed by atoms with Crippen molar-refractivity contribution >= 4 is 145 Å². The van der Waals surface area contributed by atoms with Crippen molar-refractivity contribution < 1.29 is 19.4 Å². The molecule has 14 rings (SSSR count). The number of benzene rings is 12. The van der Waals surface area contributed by atoms with Gasteiger partial charge in [0.05, 0.1) is 45.7 Å². The van der Waals surface area contributed by atoms with Gasteiger partial charge in [0.2, 0.25) is 0 Å². The highest BCUT2D eigenvalue weighted by atomic mass is 79.9. The molecule has 0 saturated heterocycles. The molecular formula is C110H111B2BrN6O4S2-. The predicted molar refractivity (Wildman–Crippen MR) is 538 cm³/mol. The van der Waals surface area contributed by atoms with Crippen LogP contribution in [0.1, 0.15) is 253 Å². The van der Waals surface area contributed by atoms with Crippen molar-refractivity contribution in [3.05, 3.63) is 290 Å². The molecule has 631 valence electrons. The van der Waals surface area contributed by atoms with E-state index in [1.54, 1.807) is 48.5 Å². The van der Waals surface area contributed by atoms with E-state index in [4.69, 9.17) is 6.42 Å². The van der Waals surface area contributed by atoms with Gasteiger partial charge in [0.1, 0.15) is 27.8 Å². The Morgan fingerprint density at radius 2 is 0.632 bits per heavy atom. The lowest BCUT2D eigenvalue weighted by Gasteiger charge is -2.25. The van der Waals surface area contributed by atoms with Gasteiger partial charge in [0, 0.05) is 94.9 Å². The van der Waals surface area contributed by atoms with Gasteiger partial charge in [-0.05, 0) is 206 Å². The van der Waals surface area contributed by atoms with Gasteiger partial charge in [-0.1, -0.05) is 327 Å². The van der Waals surface area contributed by atoms with Crippen LogP contribution >= 0.6 is 39.4 Å². The van der Waals surface area contributed by atoms with Crippen molar-refractivity contribution in [2.75, 3.05) is 36.0 Å². The summed E-state index contributed by atoms with van der Waals surface area (Å²) in [5.41, 5.74) is 15.8. The highest BCUT2D eigenvalue weighted by Crippen LogP contribution is 2.36. The Kier molecular flexibility index (Phi) is 38.9. The number of aromatic carboxylic acids is 1. The molecule has 0 fully saturated rings. The zero-order chi connectivity index (χ0) is 85.6. The molecule has 0 aliphatic rings. The molecule has 0 bridgehead atoms. The van der Waals surface area contributed by atoms with Crippen LogP contribution in [0.25, 0.3) is 65.2 Å². The second kappa shape index (κ2) is 51.2. The SMILES string of the molecule is C#Cc1ccc(OC=O)cc1.CCCCCCCCN(CCCCCCCC)c1ccc(C#Cc2c3ccccc3c(C#Cc3ccc(Br)c4nsnc34)c3ccccc23)cc1.CCCCCCCCN(CCCCCCCC)c1ccc(C#Cc2c3ccccc3c(C#Cc3ccc(C#Cc4ccc(C(=O)O)cc4)c4nsnc34)c3ccccc23)cc1.[BH4-].[B]. The molecule has 0 aliphatic carbocycles. The van der Waals surface area contributed by atoms with E-state index in [2.05, 4.69) is 286 Å². The van der Waals surface area contributed by atoms with Crippen LogP contribution in [0.15, 0.2) is 223 Å². The second-order valence-corrected chi connectivity index (χ2v) is 32.9. The lowest BCUT2D eigenvalue weighted by molar-refractivity contribution is -0.120. The smallest absolute Gasteiger partial charge is 0.335 e. The average molecular weight is 1750 g/mol. The van der Waals surface area contributed by atoms with E-state index in [1.807, 2.05) is 24.3 Å². The minimum atomic E-state index is -0.965. The number of carbonyl (C=O) groups is 2.